The van der Waals surface area contributed by atoms with Crippen LogP contribution < -0.4 is 0 Å². The van der Waals surface area contributed by atoms with E-state index in [1.54, 1.807) is 32.9 Å². The third kappa shape index (κ3) is 2.17. The Morgan fingerprint density at radius 1 is 1.27 bits per heavy atom. The zero-order chi connectivity index (χ0) is 16.1. The van der Waals surface area contributed by atoms with Crippen molar-refractivity contribution in [1.82, 2.24) is 0 Å². The first kappa shape index (κ1) is 15.2. The third-order valence-corrected chi connectivity index (χ3v) is 4.71. The number of esters is 1. The van der Waals surface area contributed by atoms with Gasteiger partial charge in [0, 0.05) is 11.5 Å². The average molecular weight is 302 g/mol. The summed E-state index contributed by atoms with van der Waals surface area (Å²) in [5, 5.41) is 11.1. The third-order valence-electron chi connectivity index (χ3n) is 4.71. The first-order chi connectivity index (χ1) is 10.2. The second kappa shape index (κ2) is 4.92. The Morgan fingerprint density at radius 2 is 1.95 bits per heavy atom. The van der Waals surface area contributed by atoms with Gasteiger partial charge in [-0.15, -0.1) is 0 Å². The molecule has 0 saturated heterocycles. The monoisotopic (exact) mass is 302 g/mol. The summed E-state index contributed by atoms with van der Waals surface area (Å²) in [6, 6.07) is 7.30. The van der Waals surface area contributed by atoms with Crippen LogP contribution in [0.15, 0.2) is 24.3 Å². The van der Waals surface area contributed by atoms with Crippen molar-refractivity contribution < 1.29 is 19.4 Å². The lowest BCUT2D eigenvalue weighted by Gasteiger charge is -2.40. The summed E-state index contributed by atoms with van der Waals surface area (Å²) in [6.45, 7) is 5.21. The van der Waals surface area contributed by atoms with Gasteiger partial charge >= 0.3 is 5.97 Å². The second-order valence-electron chi connectivity index (χ2n) is 7.33. The van der Waals surface area contributed by atoms with Gasteiger partial charge in [0.15, 0.2) is 0 Å². The molecule has 3 rings (SSSR count). The Balaban J connectivity index is 2.08. The molecular formula is C18H22O4. The van der Waals surface area contributed by atoms with E-state index in [1.165, 1.54) is 0 Å². The zero-order valence-electron chi connectivity index (χ0n) is 13.3. The number of aliphatic hydroxyl groups is 1. The van der Waals surface area contributed by atoms with Crippen molar-refractivity contribution in [2.45, 2.75) is 57.2 Å². The number of rotatable bonds is 1. The van der Waals surface area contributed by atoms with Crippen molar-refractivity contribution in [3.05, 3.63) is 35.4 Å². The quantitative estimate of drug-likeness (QED) is 0.640. The molecule has 2 aliphatic rings. The van der Waals surface area contributed by atoms with Gasteiger partial charge in [-0.1, -0.05) is 30.7 Å². The molecular weight excluding hydrogens is 280 g/mol. The van der Waals surface area contributed by atoms with Crippen molar-refractivity contribution in [2.24, 2.45) is 5.92 Å². The Hall–Kier alpha value is -1.68. The fraction of sp³-hybridized carbons (Fsp3) is 0.556. The Labute approximate surface area is 130 Å². The molecule has 118 valence electrons. The number of hydrogen-bond donors (Lipinski definition) is 1. The summed E-state index contributed by atoms with van der Waals surface area (Å²) in [6.07, 6.45) is 2.46. The molecule has 0 aromatic heterocycles. The highest BCUT2D eigenvalue weighted by atomic mass is 16.6. The number of fused-ring (bicyclic) bond motifs is 3. The largest absolute Gasteiger partial charge is 0.457 e. The maximum atomic E-state index is 12.9. The number of carbonyl (C=O) groups excluding carboxylic acids is 2. The summed E-state index contributed by atoms with van der Waals surface area (Å²) in [5.41, 5.74) is -1.37. The molecule has 3 atom stereocenters. The first-order valence-electron chi connectivity index (χ1n) is 7.84. The van der Waals surface area contributed by atoms with E-state index < -0.39 is 23.0 Å². The predicted molar refractivity (Wildman–Crippen MR) is 81.6 cm³/mol. The minimum absolute atomic E-state index is 0.0476. The topological polar surface area (TPSA) is 63.6 Å². The summed E-state index contributed by atoms with van der Waals surface area (Å²) in [7, 11) is 0. The number of ether oxygens (including phenoxy) is 1. The van der Waals surface area contributed by atoms with Crippen LogP contribution >= 0.6 is 0 Å². The molecule has 2 aliphatic carbocycles. The molecule has 1 aromatic rings. The smallest absolute Gasteiger partial charge is 0.347 e. The zero-order valence-corrected chi connectivity index (χ0v) is 13.3. The van der Waals surface area contributed by atoms with Crippen LogP contribution in [-0.4, -0.2) is 28.1 Å². The lowest BCUT2D eigenvalue weighted by molar-refractivity contribution is -0.177. The van der Waals surface area contributed by atoms with Gasteiger partial charge in [0.05, 0.1) is 0 Å². The van der Waals surface area contributed by atoms with Crippen LogP contribution in [0.3, 0.4) is 0 Å². The van der Waals surface area contributed by atoms with Crippen LogP contribution in [0.25, 0.3) is 0 Å². The molecule has 4 heteroatoms. The minimum atomic E-state index is -2.05. The Bertz CT molecular complexity index is 628. The normalized spacial score (nSPS) is 30.6. The van der Waals surface area contributed by atoms with E-state index in [0.29, 0.717) is 12.0 Å². The first-order valence-corrected chi connectivity index (χ1v) is 7.84. The summed E-state index contributed by atoms with van der Waals surface area (Å²) in [4.78, 5) is 25.5. The van der Waals surface area contributed by atoms with E-state index in [0.717, 1.165) is 18.4 Å². The molecule has 0 bridgehead atoms. The SMILES string of the molecule is CC(C)(C)OC(=O)C1(O)C(=O)c2ccccc2[C@@H]2CCC[C@@H]21. The molecule has 22 heavy (non-hydrogen) atoms. The van der Waals surface area contributed by atoms with Crippen LogP contribution in [0.1, 0.15) is 61.9 Å². The molecule has 0 amide bonds. The van der Waals surface area contributed by atoms with Gasteiger partial charge in [0.1, 0.15) is 5.60 Å². The fourth-order valence-corrected chi connectivity index (χ4v) is 3.83. The molecule has 4 nitrogen and oxygen atoms in total. The summed E-state index contributed by atoms with van der Waals surface area (Å²) in [5.74, 6) is -1.66. The second-order valence-corrected chi connectivity index (χ2v) is 7.33. The average Bonchev–Trinajstić information content (AvgIpc) is 2.93. The van der Waals surface area contributed by atoms with Crippen LogP contribution in [0.4, 0.5) is 0 Å². The number of Topliss-reactive ketones (excluding diaryl/α,β-unsaturated/α-hetero) is 1. The molecule has 1 N–H and O–H groups in total. The Morgan fingerprint density at radius 3 is 2.64 bits per heavy atom. The van der Waals surface area contributed by atoms with Gasteiger partial charge in [0.2, 0.25) is 11.4 Å². The lowest BCUT2D eigenvalue weighted by atomic mass is 9.67. The summed E-state index contributed by atoms with van der Waals surface area (Å²) < 4.78 is 5.36. The molecule has 0 spiro atoms. The lowest BCUT2D eigenvalue weighted by Crippen LogP contribution is -2.58. The molecule has 1 fully saturated rings. The molecule has 0 heterocycles. The van der Waals surface area contributed by atoms with E-state index in [4.69, 9.17) is 4.74 Å². The highest BCUT2D eigenvalue weighted by Gasteiger charge is 2.60. The van der Waals surface area contributed by atoms with E-state index in [9.17, 15) is 14.7 Å². The minimum Gasteiger partial charge on any atom is -0.457 e. The van der Waals surface area contributed by atoms with Crippen LogP contribution in [0, 0.1) is 5.92 Å². The van der Waals surface area contributed by atoms with Gasteiger partial charge in [0.25, 0.3) is 0 Å². The fourth-order valence-electron chi connectivity index (χ4n) is 3.83. The van der Waals surface area contributed by atoms with Crippen molar-refractivity contribution in [1.29, 1.82) is 0 Å². The number of hydrogen-bond acceptors (Lipinski definition) is 4. The predicted octanol–water partition coefficient (Wildman–Crippen LogP) is 2.84. The number of ketones is 1. The van der Waals surface area contributed by atoms with E-state index in [-0.39, 0.29) is 11.8 Å². The van der Waals surface area contributed by atoms with Crippen molar-refractivity contribution in [3.8, 4) is 0 Å². The van der Waals surface area contributed by atoms with Gasteiger partial charge in [-0.3, -0.25) is 4.79 Å². The maximum absolute atomic E-state index is 12.9. The van der Waals surface area contributed by atoms with Crippen LogP contribution in [0.2, 0.25) is 0 Å². The van der Waals surface area contributed by atoms with E-state index >= 15 is 0 Å². The van der Waals surface area contributed by atoms with Crippen LogP contribution in [0.5, 0.6) is 0 Å². The molecule has 1 unspecified atom stereocenters. The van der Waals surface area contributed by atoms with Gasteiger partial charge < -0.3 is 9.84 Å². The standard InChI is InChI=1S/C18H22O4/c1-17(2,3)22-16(20)18(21)14-10-6-9-12(14)11-7-4-5-8-13(11)15(18)19/h4-5,7-8,12,14,21H,6,9-10H2,1-3H3/t12-,14-,18?/m0/s1. The van der Waals surface area contributed by atoms with Crippen molar-refractivity contribution >= 4 is 11.8 Å². The number of benzene rings is 1. The highest BCUT2D eigenvalue weighted by Crippen LogP contribution is 2.51. The van der Waals surface area contributed by atoms with E-state index in [1.807, 2.05) is 12.1 Å². The highest BCUT2D eigenvalue weighted by molar-refractivity contribution is 6.17. The van der Waals surface area contributed by atoms with E-state index in [2.05, 4.69) is 0 Å². The summed E-state index contributed by atoms with van der Waals surface area (Å²) >= 11 is 0. The molecule has 0 aliphatic heterocycles. The molecule has 0 radical (unpaired) electrons. The number of carbonyl (C=O) groups is 2. The Kier molecular flexibility index (Phi) is 3.40. The van der Waals surface area contributed by atoms with Crippen molar-refractivity contribution in [3.63, 3.8) is 0 Å². The molecule has 1 saturated carbocycles. The maximum Gasteiger partial charge on any atom is 0.347 e. The van der Waals surface area contributed by atoms with Crippen LogP contribution in [-0.2, 0) is 9.53 Å². The van der Waals surface area contributed by atoms with Gasteiger partial charge in [-0.05, 0) is 45.1 Å². The molecule has 1 aromatic carbocycles. The van der Waals surface area contributed by atoms with Gasteiger partial charge in [-0.25, -0.2) is 4.79 Å². The van der Waals surface area contributed by atoms with Gasteiger partial charge in [-0.2, -0.15) is 0 Å². The van der Waals surface area contributed by atoms with Crippen molar-refractivity contribution in [2.75, 3.05) is 0 Å².